The molecule has 0 aliphatic carbocycles. The van der Waals surface area contributed by atoms with Crippen LogP contribution in [0, 0.1) is 0 Å². The first-order valence-corrected chi connectivity index (χ1v) is 14.5. The summed E-state index contributed by atoms with van der Waals surface area (Å²) in [6.45, 7) is 6.79. The van der Waals surface area contributed by atoms with Gasteiger partial charge in [0.25, 0.3) is 0 Å². The summed E-state index contributed by atoms with van der Waals surface area (Å²) in [5.74, 6) is -0.0306. The van der Waals surface area contributed by atoms with Crippen molar-refractivity contribution in [2.45, 2.75) is 37.6 Å². The van der Waals surface area contributed by atoms with Crippen LogP contribution in [-0.2, 0) is 22.0 Å². The number of azo groups is 1. The lowest BCUT2D eigenvalue weighted by atomic mass is 9.86. The fraction of sp³-hybridized carbons (Fsp3) is 0.167. The lowest BCUT2D eigenvalue weighted by molar-refractivity contribution is 0.429. The van der Waals surface area contributed by atoms with E-state index in [4.69, 9.17) is 17.4 Å². The summed E-state index contributed by atoms with van der Waals surface area (Å²) in [5.41, 5.74) is 3.50. The molecule has 0 radical (unpaired) electrons. The highest BCUT2D eigenvalue weighted by molar-refractivity contribution is 7.89. The van der Waals surface area contributed by atoms with Crippen LogP contribution in [0.25, 0.3) is 21.7 Å². The largest absolute Gasteiger partial charge is 0.493 e. The number of aromatic hydroxyl groups is 1. The fourth-order valence-electron chi connectivity index (χ4n) is 4.56. The molecule has 0 unspecified atom stereocenters. The van der Waals surface area contributed by atoms with Crippen LogP contribution in [0.15, 0.2) is 100 Å². The molecule has 0 aliphatic rings. The molecule has 40 heavy (non-hydrogen) atoms. The quantitative estimate of drug-likeness (QED) is 0.155. The molecular formula is C30H29N5O3S2. The second-order valence-electron chi connectivity index (χ2n) is 10.6. The summed E-state index contributed by atoms with van der Waals surface area (Å²) in [5, 5.41) is 30.9. The van der Waals surface area contributed by atoms with Gasteiger partial charge in [-0.25, -0.2) is 13.6 Å². The zero-order chi connectivity index (χ0) is 28.7. The molecule has 0 amide bonds. The molecule has 0 saturated carbocycles. The van der Waals surface area contributed by atoms with Gasteiger partial charge in [-0.2, -0.15) is 0 Å². The van der Waals surface area contributed by atoms with Crippen LogP contribution in [0.5, 0.6) is 5.88 Å². The predicted octanol–water partition coefficient (Wildman–Crippen LogP) is 6.97. The minimum atomic E-state index is -3.87. The number of anilines is 1. The Balaban J connectivity index is 1.52. The molecule has 204 valence electrons. The Morgan fingerprint density at radius 1 is 0.975 bits per heavy atom. The van der Waals surface area contributed by atoms with Crippen molar-refractivity contribution < 1.29 is 13.5 Å². The van der Waals surface area contributed by atoms with Crippen LogP contribution >= 0.6 is 12.2 Å². The molecule has 4 aromatic carbocycles. The molecule has 0 saturated heterocycles. The number of nitrogens with zero attached hydrogens (tertiary/aromatic N) is 3. The standard InChI is InChI=1S/C30H29N5O3S2/c1-30(2,3)22-13-14-26-25(16-22)27(33-34-29(39)32-23-9-6-10-24(17-23)40(31,37)38)28(36)35(26)18-19-11-12-20-7-4-5-8-21(20)15-19/h4-17,36H,18H2,1-3H3,(H,32,39)(H2,31,37,38). The molecule has 0 aliphatic heterocycles. The highest BCUT2D eigenvalue weighted by Gasteiger charge is 2.21. The van der Waals surface area contributed by atoms with Crippen molar-refractivity contribution in [3.63, 3.8) is 0 Å². The average Bonchev–Trinajstić information content (AvgIpc) is 3.16. The van der Waals surface area contributed by atoms with E-state index < -0.39 is 10.0 Å². The van der Waals surface area contributed by atoms with E-state index in [0.717, 1.165) is 32.8 Å². The van der Waals surface area contributed by atoms with Gasteiger partial charge >= 0.3 is 0 Å². The SMILES string of the molecule is CC(C)(C)c1ccc2c(c1)c(N=NC(=S)Nc1cccc(S(N)(=O)=O)c1)c(O)n2Cc1ccc2ccccc2c1. The fourth-order valence-corrected chi connectivity index (χ4v) is 5.28. The molecule has 0 bridgehead atoms. The molecule has 1 aromatic heterocycles. The molecule has 0 fully saturated rings. The van der Waals surface area contributed by atoms with Gasteiger partial charge in [0.05, 0.1) is 17.0 Å². The van der Waals surface area contributed by atoms with Crippen molar-refractivity contribution in [2.75, 3.05) is 5.32 Å². The Morgan fingerprint density at radius 2 is 1.73 bits per heavy atom. The topological polar surface area (TPSA) is 122 Å². The summed E-state index contributed by atoms with van der Waals surface area (Å²) in [4.78, 5) is -0.0543. The van der Waals surface area contributed by atoms with E-state index in [-0.39, 0.29) is 21.3 Å². The van der Waals surface area contributed by atoms with Gasteiger partial charge in [-0.1, -0.05) is 69.3 Å². The number of hydrogen-bond donors (Lipinski definition) is 3. The molecule has 10 heteroatoms. The highest BCUT2D eigenvalue weighted by atomic mass is 32.2. The number of sulfonamides is 1. The lowest BCUT2D eigenvalue weighted by Crippen LogP contribution is -2.13. The summed E-state index contributed by atoms with van der Waals surface area (Å²) in [6, 6.07) is 26.4. The third-order valence-corrected chi connectivity index (χ3v) is 7.78. The van der Waals surface area contributed by atoms with E-state index in [2.05, 4.69) is 66.6 Å². The Labute approximate surface area is 238 Å². The number of primary sulfonamides is 1. The van der Waals surface area contributed by atoms with Crippen molar-refractivity contribution in [3.8, 4) is 5.88 Å². The first kappa shape index (κ1) is 27.4. The van der Waals surface area contributed by atoms with Gasteiger partial charge in [0.15, 0.2) is 5.69 Å². The molecular weight excluding hydrogens is 542 g/mol. The van der Waals surface area contributed by atoms with E-state index in [1.165, 1.54) is 12.1 Å². The second-order valence-corrected chi connectivity index (χ2v) is 12.6. The monoisotopic (exact) mass is 571 g/mol. The van der Waals surface area contributed by atoms with Crippen LogP contribution in [0.3, 0.4) is 0 Å². The smallest absolute Gasteiger partial charge is 0.238 e. The minimum absolute atomic E-state index is 0.00613. The number of nitrogens with two attached hydrogens (primary N) is 1. The molecule has 5 rings (SSSR count). The van der Waals surface area contributed by atoms with Gasteiger partial charge in [-0.15, -0.1) is 10.2 Å². The number of hydrogen-bond acceptors (Lipinski definition) is 5. The maximum absolute atomic E-state index is 11.7. The Hall–Kier alpha value is -4.12. The summed E-state index contributed by atoms with van der Waals surface area (Å²) >= 11 is 5.34. The van der Waals surface area contributed by atoms with E-state index in [9.17, 15) is 13.5 Å². The van der Waals surface area contributed by atoms with Gasteiger partial charge in [0.2, 0.25) is 21.0 Å². The molecule has 0 atom stereocenters. The number of fused-ring (bicyclic) bond motifs is 2. The van der Waals surface area contributed by atoms with Crippen LogP contribution in [0.2, 0.25) is 0 Å². The van der Waals surface area contributed by atoms with Gasteiger partial charge in [-0.05, 0) is 75.9 Å². The van der Waals surface area contributed by atoms with Crippen molar-refractivity contribution in [2.24, 2.45) is 15.4 Å². The Bertz CT molecular complexity index is 1900. The number of nitrogens with one attached hydrogen (secondary N) is 1. The van der Waals surface area contributed by atoms with Gasteiger partial charge in [0, 0.05) is 11.1 Å². The molecule has 5 aromatic rings. The van der Waals surface area contributed by atoms with Gasteiger partial charge in [-0.3, -0.25) is 0 Å². The van der Waals surface area contributed by atoms with Crippen molar-refractivity contribution >= 4 is 60.4 Å². The number of rotatable bonds is 5. The first-order chi connectivity index (χ1) is 18.9. The minimum Gasteiger partial charge on any atom is -0.493 e. The number of aromatic nitrogens is 1. The molecule has 4 N–H and O–H groups in total. The van der Waals surface area contributed by atoms with Gasteiger partial charge < -0.3 is 15.0 Å². The van der Waals surface area contributed by atoms with Crippen LogP contribution < -0.4 is 10.5 Å². The zero-order valence-electron chi connectivity index (χ0n) is 22.3. The van der Waals surface area contributed by atoms with Crippen molar-refractivity contribution in [1.82, 2.24) is 4.57 Å². The van der Waals surface area contributed by atoms with Crippen LogP contribution in [-0.4, -0.2) is 23.2 Å². The van der Waals surface area contributed by atoms with Gasteiger partial charge in [0.1, 0.15) is 0 Å². The van der Waals surface area contributed by atoms with Crippen molar-refractivity contribution in [3.05, 3.63) is 96.1 Å². The van der Waals surface area contributed by atoms with Crippen molar-refractivity contribution in [1.29, 1.82) is 0 Å². The third kappa shape index (κ3) is 5.74. The normalized spacial score (nSPS) is 12.4. The first-order valence-electron chi connectivity index (χ1n) is 12.6. The van der Waals surface area contributed by atoms with E-state index >= 15 is 0 Å². The van der Waals surface area contributed by atoms with Crippen LogP contribution in [0.1, 0.15) is 31.9 Å². The second kappa shape index (κ2) is 10.5. The van der Waals surface area contributed by atoms with E-state index in [0.29, 0.717) is 17.9 Å². The van der Waals surface area contributed by atoms with Crippen LogP contribution in [0.4, 0.5) is 11.4 Å². The maximum atomic E-state index is 11.7. The Morgan fingerprint density at radius 3 is 2.45 bits per heavy atom. The number of thiocarbonyl (C=S) groups is 1. The molecule has 0 spiro atoms. The highest BCUT2D eigenvalue weighted by Crippen LogP contribution is 2.41. The summed E-state index contributed by atoms with van der Waals surface area (Å²) < 4.78 is 25.2. The molecule has 1 heterocycles. The zero-order valence-corrected chi connectivity index (χ0v) is 23.9. The summed E-state index contributed by atoms with van der Waals surface area (Å²) in [6.07, 6.45) is 0. The number of benzene rings is 4. The maximum Gasteiger partial charge on any atom is 0.238 e. The third-order valence-electron chi connectivity index (χ3n) is 6.69. The van der Waals surface area contributed by atoms with E-state index in [1.54, 1.807) is 12.1 Å². The lowest BCUT2D eigenvalue weighted by Gasteiger charge is -2.19. The molecule has 8 nitrogen and oxygen atoms in total. The predicted molar refractivity (Wildman–Crippen MR) is 164 cm³/mol. The van der Waals surface area contributed by atoms with E-state index in [1.807, 2.05) is 34.9 Å². The average molecular weight is 572 g/mol. The Kier molecular flexibility index (Phi) is 7.17. The summed E-state index contributed by atoms with van der Waals surface area (Å²) in [7, 11) is -3.87.